The van der Waals surface area contributed by atoms with E-state index in [1.807, 2.05) is 0 Å². The van der Waals surface area contributed by atoms with Crippen molar-refractivity contribution in [3.8, 4) is 11.5 Å². The molecule has 3 nitrogen and oxygen atoms in total. The van der Waals surface area contributed by atoms with Crippen molar-refractivity contribution >= 4 is 15.9 Å². The van der Waals surface area contributed by atoms with E-state index in [2.05, 4.69) is 21.2 Å². The summed E-state index contributed by atoms with van der Waals surface area (Å²) in [4.78, 5) is 0. The van der Waals surface area contributed by atoms with Crippen LogP contribution in [0.2, 0.25) is 0 Å². The molecule has 1 aromatic carbocycles. The quantitative estimate of drug-likeness (QED) is 0.868. The van der Waals surface area contributed by atoms with Crippen LogP contribution in [0.25, 0.3) is 0 Å². The lowest BCUT2D eigenvalue weighted by Crippen LogP contribution is -2.19. The van der Waals surface area contributed by atoms with Crippen LogP contribution in [0.3, 0.4) is 0 Å². The molecular formula is C10H11BrFNO2. The minimum atomic E-state index is -0.682. The maximum Gasteiger partial charge on any atom is 0.195 e. The van der Waals surface area contributed by atoms with Gasteiger partial charge in [0, 0.05) is 6.54 Å². The van der Waals surface area contributed by atoms with Crippen LogP contribution >= 0.6 is 15.9 Å². The van der Waals surface area contributed by atoms with Gasteiger partial charge in [0.1, 0.15) is 6.10 Å². The summed E-state index contributed by atoms with van der Waals surface area (Å²) in [5.74, 6) is -0.917. The Hall–Kier alpha value is -0.810. The number of hydrogen-bond donors (Lipinski definition) is 2. The third-order valence-electron chi connectivity index (χ3n) is 2.34. The Morgan fingerprint density at radius 3 is 3.00 bits per heavy atom. The van der Waals surface area contributed by atoms with Crippen LogP contribution in [0.15, 0.2) is 16.6 Å². The Balaban J connectivity index is 2.17. The van der Waals surface area contributed by atoms with Crippen molar-refractivity contribution in [2.24, 2.45) is 0 Å². The third-order valence-corrected chi connectivity index (χ3v) is 2.95. The second-order valence-corrected chi connectivity index (χ2v) is 4.30. The van der Waals surface area contributed by atoms with Crippen LogP contribution in [0.5, 0.6) is 11.5 Å². The minimum absolute atomic E-state index is 0.0106. The summed E-state index contributed by atoms with van der Waals surface area (Å²) in [5, 5.41) is 12.6. The van der Waals surface area contributed by atoms with Crippen molar-refractivity contribution in [3.05, 3.63) is 22.4 Å². The molecule has 15 heavy (non-hydrogen) atoms. The molecule has 0 aliphatic carbocycles. The van der Waals surface area contributed by atoms with E-state index in [0.717, 1.165) is 19.5 Å². The molecule has 0 aromatic heterocycles. The average Bonchev–Trinajstić information content (AvgIpc) is 2.72. The molecule has 1 atom stereocenters. The van der Waals surface area contributed by atoms with Crippen LogP contribution in [0, 0.1) is 5.82 Å². The first-order valence-electron chi connectivity index (χ1n) is 4.73. The average molecular weight is 276 g/mol. The normalized spacial score (nSPS) is 20.5. The molecule has 0 radical (unpaired) electrons. The van der Waals surface area contributed by atoms with Gasteiger partial charge in [0.15, 0.2) is 17.3 Å². The second kappa shape index (κ2) is 4.37. The Labute approximate surface area is 95.4 Å². The zero-order valence-electron chi connectivity index (χ0n) is 7.96. The van der Waals surface area contributed by atoms with E-state index >= 15 is 0 Å². The van der Waals surface area contributed by atoms with Gasteiger partial charge in [-0.15, -0.1) is 0 Å². The van der Waals surface area contributed by atoms with Gasteiger partial charge in [-0.1, -0.05) is 0 Å². The van der Waals surface area contributed by atoms with Gasteiger partial charge in [-0.2, -0.15) is 0 Å². The van der Waals surface area contributed by atoms with E-state index in [9.17, 15) is 9.50 Å². The molecule has 1 aliphatic heterocycles. The van der Waals surface area contributed by atoms with Gasteiger partial charge in [0.2, 0.25) is 0 Å². The third kappa shape index (κ3) is 2.23. The number of phenolic OH excluding ortho intramolecular Hbond substituents is 1. The fraction of sp³-hybridized carbons (Fsp3) is 0.400. The lowest BCUT2D eigenvalue weighted by Gasteiger charge is -2.14. The summed E-state index contributed by atoms with van der Waals surface area (Å²) in [6, 6.07) is 3.08. The van der Waals surface area contributed by atoms with Crippen LogP contribution in [0.1, 0.15) is 6.42 Å². The van der Waals surface area contributed by atoms with Crippen LogP contribution in [0.4, 0.5) is 4.39 Å². The molecular weight excluding hydrogens is 265 g/mol. The van der Waals surface area contributed by atoms with Crippen molar-refractivity contribution in [2.45, 2.75) is 12.5 Å². The van der Waals surface area contributed by atoms with E-state index in [4.69, 9.17) is 4.74 Å². The van der Waals surface area contributed by atoms with Gasteiger partial charge >= 0.3 is 0 Å². The van der Waals surface area contributed by atoms with E-state index in [-0.39, 0.29) is 16.3 Å². The number of halogens is 2. The first-order valence-corrected chi connectivity index (χ1v) is 5.52. The predicted molar refractivity (Wildman–Crippen MR) is 57.7 cm³/mol. The Bertz CT molecular complexity index is 367. The summed E-state index contributed by atoms with van der Waals surface area (Å²) < 4.78 is 19.0. The summed E-state index contributed by atoms with van der Waals surface area (Å²) in [5.41, 5.74) is 0. The number of benzene rings is 1. The van der Waals surface area contributed by atoms with E-state index in [0.29, 0.717) is 0 Å². The first kappa shape index (κ1) is 10.7. The molecule has 0 spiro atoms. The lowest BCUT2D eigenvalue weighted by atomic mass is 10.3. The van der Waals surface area contributed by atoms with Crippen molar-refractivity contribution in [1.82, 2.24) is 5.32 Å². The maximum atomic E-state index is 13.3. The number of nitrogens with one attached hydrogen (secondary N) is 1. The van der Waals surface area contributed by atoms with Gasteiger partial charge < -0.3 is 15.2 Å². The SMILES string of the molecule is Oc1c(OC2CCNC2)ccc(Br)c1F. The zero-order valence-corrected chi connectivity index (χ0v) is 9.55. The Morgan fingerprint density at radius 1 is 1.53 bits per heavy atom. The minimum Gasteiger partial charge on any atom is -0.502 e. The molecule has 1 heterocycles. The highest BCUT2D eigenvalue weighted by Crippen LogP contribution is 2.34. The lowest BCUT2D eigenvalue weighted by molar-refractivity contribution is 0.211. The molecule has 0 amide bonds. The topological polar surface area (TPSA) is 41.5 Å². The molecule has 5 heteroatoms. The van der Waals surface area contributed by atoms with Gasteiger partial charge in [0.25, 0.3) is 0 Å². The summed E-state index contributed by atoms with van der Waals surface area (Å²) in [6.45, 7) is 1.63. The van der Waals surface area contributed by atoms with E-state index in [1.165, 1.54) is 6.07 Å². The number of aromatic hydroxyl groups is 1. The van der Waals surface area contributed by atoms with Gasteiger partial charge in [-0.05, 0) is 41.0 Å². The number of hydrogen-bond acceptors (Lipinski definition) is 3. The maximum absolute atomic E-state index is 13.3. The Kier molecular flexibility index (Phi) is 3.11. The summed E-state index contributed by atoms with van der Waals surface area (Å²) >= 11 is 2.99. The molecule has 0 saturated carbocycles. The van der Waals surface area contributed by atoms with Gasteiger partial charge in [-0.3, -0.25) is 0 Å². The molecule has 2 rings (SSSR count). The van der Waals surface area contributed by atoms with Crippen molar-refractivity contribution in [2.75, 3.05) is 13.1 Å². The first-order chi connectivity index (χ1) is 7.18. The standard InChI is InChI=1S/C10H11BrFNO2/c11-7-1-2-8(10(14)9(7)12)15-6-3-4-13-5-6/h1-2,6,13-14H,3-5H2. The fourth-order valence-corrected chi connectivity index (χ4v) is 1.85. The van der Waals surface area contributed by atoms with Crippen molar-refractivity contribution < 1.29 is 14.2 Å². The van der Waals surface area contributed by atoms with Crippen molar-refractivity contribution in [3.63, 3.8) is 0 Å². The number of rotatable bonds is 2. The van der Waals surface area contributed by atoms with Crippen molar-refractivity contribution in [1.29, 1.82) is 0 Å². The van der Waals surface area contributed by atoms with Crippen LogP contribution in [-0.2, 0) is 0 Å². The molecule has 0 bridgehead atoms. The van der Waals surface area contributed by atoms with E-state index < -0.39 is 11.6 Å². The van der Waals surface area contributed by atoms with Gasteiger partial charge in [-0.25, -0.2) is 4.39 Å². The number of phenols is 1. The summed E-state index contributed by atoms with van der Waals surface area (Å²) in [6.07, 6.45) is 0.883. The molecule has 1 fully saturated rings. The highest BCUT2D eigenvalue weighted by atomic mass is 79.9. The van der Waals surface area contributed by atoms with Crippen LogP contribution < -0.4 is 10.1 Å². The molecule has 1 aliphatic rings. The molecule has 1 saturated heterocycles. The summed E-state index contributed by atoms with van der Waals surface area (Å²) in [7, 11) is 0. The number of ether oxygens (including phenoxy) is 1. The molecule has 1 unspecified atom stereocenters. The largest absolute Gasteiger partial charge is 0.502 e. The van der Waals surface area contributed by atoms with Gasteiger partial charge in [0.05, 0.1) is 4.47 Å². The molecule has 82 valence electrons. The highest BCUT2D eigenvalue weighted by Gasteiger charge is 2.19. The zero-order chi connectivity index (χ0) is 10.8. The second-order valence-electron chi connectivity index (χ2n) is 3.44. The molecule has 1 aromatic rings. The molecule has 2 N–H and O–H groups in total. The van der Waals surface area contributed by atoms with Crippen LogP contribution in [-0.4, -0.2) is 24.3 Å². The highest BCUT2D eigenvalue weighted by molar-refractivity contribution is 9.10. The fourth-order valence-electron chi connectivity index (χ4n) is 1.53. The Morgan fingerprint density at radius 2 is 2.33 bits per heavy atom. The monoisotopic (exact) mass is 275 g/mol. The predicted octanol–water partition coefficient (Wildman–Crippen LogP) is 2.03. The van der Waals surface area contributed by atoms with E-state index in [1.54, 1.807) is 6.07 Å². The smallest absolute Gasteiger partial charge is 0.195 e.